The van der Waals surface area contributed by atoms with Crippen molar-refractivity contribution >= 4 is 20.2 Å². The fourth-order valence-electron chi connectivity index (χ4n) is 0.569. The Morgan fingerprint density at radius 2 is 1.13 bits per heavy atom. The van der Waals surface area contributed by atoms with E-state index in [0.717, 1.165) is 13.8 Å². The number of hydrogen-bond acceptors (Lipinski definition) is 6. The van der Waals surface area contributed by atoms with Crippen LogP contribution in [0.1, 0.15) is 13.8 Å². The first-order valence-corrected chi connectivity index (χ1v) is 6.38. The minimum absolute atomic E-state index is 0. The van der Waals surface area contributed by atoms with Gasteiger partial charge in [-0.3, -0.25) is 9.11 Å². The molecule has 2 atom stereocenters. The summed E-state index contributed by atoms with van der Waals surface area (Å²) in [5, 5.41) is 5.14. The van der Waals surface area contributed by atoms with Gasteiger partial charge in [0.1, 0.15) is 0 Å². The van der Waals surface area contributed by atoms with Crippen LogP contribution in [0.25, 0.3) is 0 Å². The van der Waals surface area contributed by atoms with E-state index in [0.29, 0.717) is 0 Å². The van der Waals surface area contributed by atoms with Crippen molar-refractivity contribution in [3.63, 3.8) is 0 Å². The molecule has 0 aliphatic carbocycles. The summed E-state index contributed by atoms with van der Waals surface area (Å²) in [6.07, 6.45) is 0. The van der Waals surface area contributed by atoms with Crippen molar-refractivity contribution in [1.82, 2.24) is 5.06 Å². The van der Waals surface area contributed by atoms with E-state index >= 15 is 0 Å². The summed E-state index contributed by atoms with van der Waals surface area (Å²) in [6.45, 7) is 1.72. The van der Waals surface area contributed by atoms with Gasteiger partial charge in [-0.2, -0.15) is 21.9 Å². The second-order valence-corrected chi connectivity index (χ2v) is 6.03. The first-order valence-electron chi connectivity index (χ1n) is 3.37. The monoisotopic (exact) mass is 272 g/mol. The average molecular weight is 272 g/mol. The van der Waals surface area contributed by atoms with Gasteiger partial charge >= 0.3 is 29.6 Å². The average Bonchev–Trinajstić information content (AvgIpc) is 1.97. The number of hydrogen-bond donors (Lipinski definition) is 3. The molecule has 11 heteroatoms. The molecule has 0 amide bonds. The Bertz CT molecular complexity index is 351. The first kappa shape index (κ1) is 18.1. The van der Waals surface area contributed by atoms with Crippen molar-refractivity contribution in [3.8, 4) is 0 Å². The van der Waals surface area contributed by atoms with E-state index in [1.807, 2.05) is 0 Å². The molecule has 3 N–H and O–H groups in total. The molecule has 0 saturated heterocycles. The summed E-state index contributed by atoms with van der Waals surface area (Å²) in [4.78, 5) is 0. The van der Waals surface area contributed by atoms with Crippen LogP contribution in [0, 0.1) is 0 Å². The first-order chi connectivity index (χ1) is 5.98. The number of rotatable bonds is 4. The maximum Gasteiger partial charge on any atom is 1.00 e. The second kappa shape index (κ2) is 5.89. The van der Waals surface area contributed by atoms with E-state index in [4.69, 9.17) is 14.3 Å². The van der Waals surface area contributed by atoms with Gasteiger partial charge in [-0.15, -0.1) is 0 Å². The van der Waals surface area contributed by atoms with Crippen LogP contribution in [0.2, 0.25) is 0 Å². The van der Waals surface area contributed by atoms with Crippen LogP contribution >= 0.6 is 0 Å². The van der Waals surface area contributed by atoms with Crippen molar-refractivity contribution in [2.45, 2.75) is 24.6 Å². The molecule has 15 heavy (non-hydrogen) atoms. The maximum atomic E-state index is 10.5. The van der Waals surface area contributed by atoms with Crippen LogP contribution in [-0.2, 0) is 20.2 Å². The zero-order valence-electron chi connectivity index (χ0n) is 8.39. The van der Waals surface area contributed by atoms with Gasteiger partial charge in [-0.1, -0.05) is 0 Å². The molecule has 0 spiro atoms. The molecule has 0 aliphatic rings. The Kier molecular flexibility index (Phi) is 7.11. The van der Waals surface area contributed by atoms with Gasteiger partial charge in [0.25, 0.3) is 20.2 Å². The molecule has 0 aromatic carbocycles. The predicted molar refractivity (Wildman–Crippen MR) is 45.6 cm³/mol. The Labute approximate surface area is 110 Å². The van der Waals surface area contributed by atoms with Crippen LogP contribution in [-0.4, -0.2) is 47.0 Å². The molecule has 0 radical (unpaired) electrons. The smallest absolute Gasteiger partial charge is 0.311 e. The van der Waals surface area contributed by atoms with Gasteiger partial charge in [0.15, 0.2) is 10.7 Å². The van der Waals surface area contributed by atoms with Gasteiger partial charge in [0.05, 0.1) is 0 Å². The van der Waals surface area contributed by atoms with Crippen molar-refractivity contribution in [2.24, 2.45) is 0 Å². The summed E-state index contributed by atoms with van der Waals surface area (Å²) in [7, 11) is -9.21. The molecular weight excluding hydrogens is 261 g/mol. The standard InChI is InChI=1S/C4H11NO7S2.Na/c1-3(13(7,8)9)5(6)4(2)14(10,11)12;/h3-4,6H,1-2H3,(H,7,8,9)(H,10,11,12);/q;+1. The van der Waals surface area contributed by atoms with E-state index in [2.05, 4.69) is 0 Å². The van der Waals surface area contributed by atoms with E-state index in [1.165, 1.54) is 0 Å². The molecule has 0 heterocycles. The summed E-state index contributed by atoms with van der Waals surface area (Å²) in [5.41, 5.74) is 0. The quantitative estimate of drug-likeness (QED) is 0.269. The fourth-order valence-corrected chi connectivity index (χ4v) is 1.56. The summed E-state index contributed by atoms with van der Waals surface area (Å²) in [5.74, 6) is 0. The normalized spacial score (nSPS) is 16.9. The Balaban J connectivity index is 0. The molecule has 8 nitrogen and oxygen atoms in total. The molecule has 0 rings (SSSR count). The van der Waals surface area contributed by atoms with Gasteiger partial charge in [-0.25, -0.2) is 0 Å². The molecule has 86 valence electrons. The molecule has 0 aliphatic heterocycles. The maximum absolute atomic E-state index is 10.5. The summed E-state index contributed by atoms with van der Waals surface area (Å²) in [6, 6.07) is 0. The van der Waals surface area contributed by atoms with Gasteiger partial charge in [0, 0.05) is 0 Å². The third-order valence-electron chi connectivity index (χ3n) is 1.61. The van der Waals surface area contributed by atoms with E-state index in [-0.39, 0.29) is 34.6 Å². The molecule has 0 fully saturated rings. The summed E-state index contributed by atoms with van der Waals surface area (Å²) < 4.78 is 58.9. The van der Waals surface area contributed by atoms with Crippen LogP contribution in [0.4, 0.5) is 0 Å². The minimum atomic E-state index is -4.61. The van der Waals surface area contributed by atoms with Gasteiger partial charge in [-0.05, 0) is 13.8 Å². The van der Waals surface area contributed by atoms with Crippen molar-refractivity contribution in [1.29, 1.82) is 0 Å². The molecule has 0 saturated carbocycles. The molecule has 2 unspecified atom stereocenters. The van der Waals surface area contributed by atoms with Crippen LogP contribution in [0.5, 0.6) is 0 Å². The van der Waals surface area contributed by atoms with Crippen molar-refractivity contribution in [3.05, 3.63) is 0 Å². The van der Waals surface area contributed by atoms with E-state index in [1.54, 1.807) is 0 Å². The van der Waals surface area contributed by atoms with Crippen LogP contribution in [0.15, 0.2) is 0 Å². The van der Waals surface area contributed by atoms with Gasteiger partial charge in [0.2, 0.25) is 0 Å². The molecule has 0 aromatic heterocycles. The Morgan fingerprint density at radius 3 is 1.27 bits per heavy atom. The van der Waals surface area contributed by atoms with E-state index < -0.39 is 31.0 Å². The predicted octanol–water partition coefficient (Wildman–Crippen LogP) is -3.85. The van der Waals surface area contributed by atoms with Crippen molar-refractivity contribution in [2.75, 3.05) is 0 Å². The molecule has 0 aromatic rings. The van der Waals surface area contributed by atoms with Crippen molar-refractivity contribution < 1.29 is 60.7 Å². The fraction of sp³-hybridized carbons (Fsp3) is 1.00. The van der Waals surface area contributed by atoms with Crippen LogP contribution in [0.3, 0.4) is 0 Å². The third-order valence-corrected chi connectivity index (χ3v) is 3.76. The topological polar surface area (TPSA) is 132 Å². The molecule has 0 bridgehead atoms. The zero-order valence-corrected chi connectivity index (χ0v) is 12.0. The van der Waals surface area contributed by atoms with E-state index in [9.17, 15) is 16.8 Å². The van der Waals surface area contributed by atoms with Crippen LogP contribution < -0.4 is 29.6 Å². The minimum Gasteiger partial charge on any atom is -0.311 e. The Hall–Kier alpha value is 0.740. The third kappa shape index (κ3) is 5.56. The van der Waals surface area contributed by atoms with Gasteiger partial charge < -0.3 is 5.21 Å². The largest absolute Gasteiger partial charge is 1.00 e. The second-order valence-electron chi connectivity index (χ2n) is 2.61. The zero-order chi connectivity index (χ0) is 11.7. The molecular formula is C4H11NNaO7S2+. The Morgan fingerprint density at radius 1 is 0.933 bits per heavy atom. The summed E-state index contributed by atoms with van der Waals surface area (Å²) >= 11 is 0. The SMILES string of the molecule is CC(N(O)C(C)S(=O)(=O)O)S(=O)(=O)O.[Na+]. The number of nitrogens with zero attached hydrogens (tertiary/aromatic N) is 1. The number of hydroxylamine groups is 2.